The highest BCUT2D eigenvalue weighted by Crippen LogP contribution is 2.06. The second-order valence-corrected chi connectivity index (χ2v) is 2.17. The van der Waals surface area contributed by atoms with Gasteiger partial charge in [0.25, 0.3) is 0 Å². The van der Waals surface area contributed by atoms with E-state index in [-0.39, 0.29) is 0 Å². The first kappa shape index (κ1) is 8.07. The number of nitrogens with zero attached hydrogens (tertiary/aromatic N) is 2. The van der Waals surface area contributed by atoms with Crippen LogP contribution in [0, 0.1) is 0 Å². The summed E-state index contributed by atoms with van der Waals surface area (Å²) in [6.07, 6.45) is 3.55. The Balaban J connectivity index is 2.44. The van der Waals surface area contributed by atoms with Crippen molar-refractivity contribution >= 4 is 0 Å². The molecule has 11 heavy (non-hydrogen) atoms. The lowest BCUT2D eigenvalue weighted by Crippen LogP contribution is -2.10. The highest BCUT2D eigenvalue weighted by molar-refractivity contribution is 5.11. The molecule has 0 spiro atoms. The molecule has 0 unspecified atom stereocenters. The normalized spacial score (nSPS) is 10.0. The van der Waals surface area contributed by atoms with Gasteiger partial charge in [0.05, 0.1) is 12.4 Å². The number of aromatic nitrogens is 2. The Morgan fingerprint density at radius 2 is 2.55 bits per heavy atom. The van der Waals surface area contributed by atoms with E-state index in [2.05, 4.69) is 5.10 Å². The third kappa shape index (κ3) is 2.23. The summed E-state index contributed by atoms with van der Waals surface area (Å²) in [4.78, 5) is 0. The molecule has 0 atom stereocenters. The summed E-state index contributed by atoms with van der Waals surface area (Å²) >= 11 is 0. The van der Waals surface area contributed by atoms with E-state index >= 15 is 0 Å². The monoisotopic (exact) mass is 155 g/mol. The molecule has 1 aromatic heterocycles. The first-order valence-electron chi connectivity index (χ1n) is 3.72. The van der Waals surface area contributed by atoms with Crippen molar-refractivity contribution in [2.45, 2.75) is 13.5 Å². The van der Waals surface area contributed by atoms with Crippen LogP contribution < -0.4 is 10.5 Å². The zero-order valence-electron chi connectivity index (χ0n) is 6.66. The molecule has 0 radical (unpaired) electrons. The number of hydrogen-bond donors (Lipinski definition) is 1. The third-order valence-electron chi connectivity index (χ3n) is 1.32. The lowest BCUT2D eigenvalue weighted by Gasteiger charge is -1.98. The van der Waals surface area contributed by atoms with Crippen LogP contribution in [0.3, 0.4) is 0 Å². The molecule has 2 N–H and O–H groups in total. The minimum atomic E-state index is 0.539. The fourth-order valence-corrected chi connectivity index (χ4v) is 0.769. The molecule has 0 amide bonds. The molecule has 0 fully saturated rings. The van der Waals surface area contributed by atoms with Crippen molar-refractivity contribution in [3.63, 3.8) is 0 Å². The molecule has 0 saturated heterocycles. The van der Waals surface area contributed by atoms with E-state index in [0.717, 1.165) is 12.3 Å². The number of nitrogens with two attached hydrogens (primary N) is 1. The molecular formula is C7H13N3O. The average molecular weight is 155 g/mol. The maximum absolute atomic E-state index is 5.26. The maximum Gasteiger partial charge on any atom is 0.157 e. The van der Waals surface area contributed by atoms with Crippen LogP contribution in [-0.4, -0.2) is 22.9 Å². The van der Waals surface area contributed by atoms with Crippen LogP contribution in [-0.2, 0) is 6.54 Å². The van der Waals surface area contributed by atoms with Crippen molar-refractivity contribution in [3.8, 4) is 5.75 Å². The summed E-state index contributed by atoms with van der Waals surface area (Å²) in [6.45, 7) is 3.98. The van der Waals surface area contributed by atoms with Crippen LogP contribution >= 0.6 is 0 Å². The van der Waals surface area contributed by atoms with Crippen molar-refractivity contribution in [1.82, 2.24) is 9.78 Å². The van der Waals surface area contributed by atoms with E-state index in [1.807, 2.05) is 17.8 Å². The summed E-state index contributed by atoms with van der Waals surface area (Å²) in [6, 6.07) is 0. The SMILES string of the molecule is CCn1cc(OCCN)cn1. The van der Waals surface area contributed by atoms with Gasteiger partial charge in [-0.3, -0.25) is 4.68 Å². The summed E-state index contributed by atoms with van der Waals surface area (Å²) in [5.74, 6) is 0.789. The number of rotatable bonds is 4. The lowest BCUT2D eigenvalue weighted by molar-refractivity contribution is 0.328. The Labute approximate surface area is 66.0 Å². The molecule has 1 rings (SSSR count). The van der Waals surface area contributed by atoms with Gasteiger partial charge in [0.15, 0.2) is 5.75 Å². The molecule has 1 aromatic rings. The zero-order chi connectivity index (χ0) is 8.10. The molecule has 1 heterocycles. The highest BCUT2D eigenvalue weighted by atomic mass is 16.5. The van der Waals surface area contributed by atoms with E-state index in [9.17, 15) is 0 Å². The molecule has 0 aliphatic rings. The van der Waals surface area contributed by atoms with Crippen molar-refractivity contribution in [2.24, 2.45) is 5.73 Å². The topological polar surface area (TPSA) is 53.1 Å². The van der Waals surface area contributed by atoms with Gasteiger partial charge in [0, 0.05) is 13.1 Å². The lowest BCUT2D eigenvalue weighted by atomic mass is 10.6. The van der Waals surface area contributed by atoms with Crippen molar-refractivity contribution < 1.29 is 4.74 Å². The first-order valence-corrected chi connectivity index (χ1v) is 3.72. The standard InChI is InChI=1S/C7H13N3O/c1-2-10-6-7(5-9-10)11-4-3-8/h5-6H,2-4,8H2,1H3. The van der Waals surface area contributed by atoms with Gasteiger partial charge in [-0.1, -0.05) is 0 Å². The maximum atomic E-state index is 5.26. The van der Waals surface area contributed by atoms with Crippen LogP contribution in [0.5, 0.6) is 5.75 Å². The van der Waals surface area contributed by atoms with E-state index in [4.69, 9.17) is 10.5 Å². The molecule has 4 nitrogen and oxygen atoms in total. The van der Waals surface area contributed by atoms with Crippen molar-refractivity contribution in [2.75, 3.05) is 13.2 Å². The fourth-order valence-electron chi connectivity index (χ4n) is 0.769. The van der Waals surface area contributed by atoms with Crippen molar-refractivity contribution in [3.05, 3.63) is 12.4 Å². The van der Waals surface area contributed by atoms with Gasteiger partial charge >= 0.3 is 0 Å². The minimum absolute atomic E-state index is 0.539. The van der Waals surface area contributed by atoms with Crippen LogP contribution in [0.15, 0.2) is 12.4 Å². The van der Waals surface area contributed by atoms with Gasteiger partial charge in [0.1, 0.15) is 6.61 Å². The predicted molar refractivity (Wildman–Crippen MR) is 42.5 cm³/mol. The Kier molecular flexibility index (Phi) is 2.92. The van der Waals surface area contributed by atoms with Gasteiger partial charge in [-0.15, -0.1) is 0 Å². The number of hydrogen-bond acceptors (Lipinski definition) is 3. The molecule has 0 aliphatic heterocycles. The summed E-state index contributed by atoms with van der Waals surface area (Å²) in [5.41, 5.74) is 5.26. The van der Waals surface area contributed by atoms with Gasteiger partial charge in [-0.05, 0) is 6.92 Å². The average Bonchev–Trinajstić information content (AvgIpc) is 2.48. The Hall–Kier alpha value is -1.03. The van der Waals surface area contributed by atoms with E-state index < -0.39 is 0 Å². The summed E-state index contributed by atoms with van der Waals surface area (Å²) in [7, 11) is 0. The largest absolute Gasteiger partial charge is 0.489 e. The fraction of sp³-hybridized carbons (Fsp3) is 0.571. The number of ether oxygens (including phenoxy) is 1. The van der Waals surface area contributed by atoms with Gasteiger partial charge in [-0.2, -0.15) is 5.10 Å². The van der Waals surface area contributed by atoms with Crippen LogP contribution in [0.25, 0.3) is 0 Å². The van der Waals surface area contributed by atoms with Crippen LogP contribution in [0.2, 0.25) is 0 Å². The van der Waals surface area contributed by atoms with Gasteiger partial charge in [0.2, 0.25) is 0 Å². The highest BCUT2D eigenvalue weighted by Gasteiger charge is 1.95. The van der Waals surface area contributed by atoms with Gasteiger partial charge in [-0.25, -0.2) is 0 Å². The van der Waals surface area contributed by atoms with E-state index in [0.29, 0.717) is 13.2 Å². The Morgan fingerprint density at radius 1 is 1.73 bits per heavy atom. The second kappa shape index (κ2) is 3.98. The Morgan fingerprint density at radius 3 is 3.09 bits per heavy atom. The van der Waals surface area contributed by atoms with Crippen molar-refractivity contribution in [1.29, 1.82) is 0 Å². The van der Waals surface area contributed by atoms with Gasteiger partial charge < -0.3 is 10.5 Å². The number of aryl methyl sites for hydroxylation is 1. The third-order valence-corrected chi connectivity index (χ3v) is 1.32. The predicted octanol–water partition coefficient (Wildman–Crippen LogP) is 0.240. The van der Waals surface area contributed by atoms with E-state index in [1.165, 1.54) is 0 Å². The zero-order valence-corrected chi connectivity index (χ0v) is 6.66. The first-order chi connectivity index (χ1) is 5.36. The van der Waals surface area contributed by atoms with Crippen LogP contribution in [0.1, 0.15) is 6.92 Å². The minimum Gasteiger partial charge on any atom is -0.489 e. The molecule has 4 heteroatoms. The molecule has 0 aliphatic carbocycles. The smallest absolute Gasteiger partial charge is 0.157 e. The molecule has 0 aromatic carbocycles. The molecule has 0 bridgehead atoms. The summed E-state index contributed by atoms with van der Waals surface area (Å²) < 4.78 is 7.04. The quantitative estimate of drug-likeness (QED) is 0.677. The molecule has 0 saturated carbocycles. The molecule has 62 valence electrons. The second-order valence-electron chi connectivity index (χ2n) is 2.17. The Bertz CT molecular complexity index is 209. The molecular weight excluding hydrogens is 142 g/mol. The van der Waals surface area contributed by atoms with E-state index in [1.54, 1.807) is 6.20 Å². The van der Waals surface area contributed by atoms with Crippen LogP contribution in [0.4, 0.5) is 0 Å². The summed E-state index contributed by atoms with van der Waals surface area (Å²) in [5, 5.41) is 4.04.